The monoisotopic (exact) mass is 266 g/mol. The first-order valence-corrected chi connectivity index (χ1v) is 5.55. The van der Waals surface area contributed by atoms with E-state index in [-0.39, 0.29) is 5.56 Å². The van der Waals surface area contributed by atoms with Crippen LogP contribution in [0.1, 0.15) is 10.4 Å². The summed E-state index contributed by atoms with van der Waals surface area (Å²) < 4.78 is 1.58. The van der Waals surface area contributed by atoms with Gasteiger partial charge in [0.15, 0.2) is 0 Å². The van der Waals surface area contributed by atoms with E-state index in [0.29, 0.717) is 15.9 Å². The molecular weight excluding hydrogens is 256 g/mol. The average molecular weight is 267 g/mol. The Morgan fingerprint density at radius 2 is 2.06 bits per heavy atom. The summed E-state index contributed by atoms with van der Waals surface area (Å²) in [5.41, 5.74) is -0.201. The number of carboxylic acid groups (broad SMARTS) is 1. The van der Waals surface area contributed by atoms with E-state index in [2.05, 4.69) is 0 Å². The Bertz CT molecular complexity index is 692. The predicted octanol–water partition coefficient (Wildman–Crippen LogP) is 1.55. The van der Waals surface area contributed by atoms with Gasteiger partial charge in [-0.3, -0.25) is 9.47 Å². The summed E-state index contributed by atoms with van der Waals surface area (Å²) in [7, 11) is 3.49. The highest BCUT2D eigenvalue weighted by Crippen LogP contribution is 2.17. The zero-order valence-electron chi connectivity index (χ0n) is 9.85. The number of fused-ring (bicyclic) bond motifs is 1. The summed E-state index contributed by atoms with van der Waals surface area (Å²) in [5.74, 6) is -1.24. The van der Waals surface area contributed by atoms with Crippen molar-refractivity contribution in [1.29, 1.82) is 0 Å². The van der Waals surface area contributed by atoms with E-state index in [1.807, 2.05) is 0 Å². The van der Waals surface area contributed by atoms with Gasteiger partial charge < -0.3 is 10.1 Å². The second kappa shape index (κ2) is 4.34. The minimum absolute atomic E-state index is 0.265. The number of rotatable bonds is 2. The number of nitrogens with zero attached hydrogens (tertiary/aromatic N) is 2. The van der Waals surface area contributed by atoms with Gasteiger partial charge in [-0.1, -0.05) is 11.6 Å². The predicted molar refractivity (Wildman–Crippen MR) is 70.2 cm³/mol. The second-order valence-electron chi connectivity index (χ2n) is 4.03. The summed E-state index contributed by atoms with van der Waals surface area (Å²) in [6.45, 7) is 0. The number of hydrogen-bond donors (Lipinski definition) is 1. The minimum atomic E-state index is -1.24. The molecule has 6 heteroatoms. The third-order valence-corrected chi connectivity index (χ3v) is 2.84. The quantitative estimate of drug-likeness (QED) is 0.896. The van der Waals surface area contributed by atoms with Crippen molar-refractivity contribution in [3.05, 3.63) is 45.2 Å². The molecular formula is C12H11ClN2O3. The van der Waals surface area contributed by atoms with Gasteiger partial charge in [0.2, 0.25) is 5.43 Å². The number of aromatic carboxylic acids is 1. The van der Waals surface area contributed by atoms with Crippen molar-refractivity contribution < 1.29 is 9.90 Å². The molecule has 0 spiro atoms. The largest absolute Gasteiger partial charge is 0.477 e. The molecule has 0 aliphatic heterocycles. The van der Waals surface area contributed by atoms with E-state index in [1.54, 1.807) is 35.9 Å². The lowest BCUT2D eigenvalue weighted by molar-refractivity contribution is 0.0695. The number of pyridine rings is 1. The van der Waals surface area contributed by atoms with Crippen LogP contribution in [0.3, 0.4) is 0 Å². The summed E-state index contributed by atoms with van der Waals surface area (Å²) in [4.78, 5) is 23.0. The van der Waals surface area contributed by atoms with Crippen molar-refractivity contribution in [2.24, 2.45) is 0 Å². The molecule has 2 aromatic rings. The van der Waals surface area contributed by atoms with Crippen LogP contribution in [-0.4, -0.2) is 29.8 Å². The van der Waals surface area contributed by atoms with Gasteiger partial charge in [0.25, 0.3) is 0 Å². The maximum atomic E-state index is 12.0. The van der Waals surface area contributed by atoms with Crippen LogP contribution in [-0.2, 0) is 0 Å². The van der Waals surface area contributed by atoms with Gasteiger partial charge in [-0.25, -0.2) is 4.79 Å². The Morgan fingerprint density at radius 1 is 1.39 bits per heavy atom. The lowest BCUT2D eigenvalue weighted by Crippen LogP contribution is -2.29. The molecule has 0 atom stereocenters. The fraction of sp³-hybridized carbons (Fsp3) is 0.167. The number of carbonyl (C=O) groups is 1. The zero-order valence-corrected chi connectivity index (χ0v) is 10.6. The van der Waals surface area contributed by atoms with Crippen LogP contribution < -0.4 is 10.4 Å². The molecule has 2 rings (SSSR count). The number of halogens is 1. The molecule has 1 aromatic carbocycles. The maximum Gasteiger partial charge on any atom is 0.341 e. The van der Waals surface area contributed by atoms with Crippen molar-refractivity contribution in [2.75, 3.05) is 19.1 Å². The summed E-state index contributed by atoms with van der Waals surface area (Å²) in [6.07, 6.45) is 1.29. The first-order chi connectivity index (χ1) is 8.41. The topological polar surface area (TPSA) is 62.5 Å². The molecule has 18 heavy (non-hydrogen) atoms. The van der Waals surface area contributed by atoms with E-state index in [0.717, 1.165) is 0 Å². The van der Waals surface area contributed by atoms with Crippen LogP contribution in [0.4, 0.5) is 0 Å². The van der Waals surface area contributed by atoms with Crippen molar-refractivity contribution in [3.8, 4) is 0 Å². The first kappa shape index (κ1) is 12.4. The highest BCUT2D eigenvalue weighted by Gasteiger charge is 2.15. The fourth-order valence-electron chi connectivity index (χ4n) is 1.77. The maximum absolute atomic E-state index is 12.0. The van der Waals surface area contributed by atoms with Crippen molar-refractivity contribution >= 4 is 28.5 Å². The van der Waals surface area contributed by atoms with Gasteiger partial charge in [-0.15, -0.1) is 0 Å². The smallest absolute Gasteiger partial charge is 0.341 e. The molecule has 1 heterocycles. The lowest BCUT2D eigenvalue weighted by Gasteiger charge is -2.20. The summed E-state index contributed by atoms with van der Waals surface area (Å²) in [5, 5.41) is 11.5. The standard InChI is InChI=1S/C12H11ClN2O3/c1-14(2)15-6-9(12(17)18)11(16)8-4-3-7(13)5-10(8)15/h3-6H,1-2H3,(H,17,18). The van der Waals surface area contributed by atoms with Crippen LogP contribution in [0, 0.1) is 0 Å². The van der Waals surface area contributed by atoms with Gasteiger partial charge in [0.1, 0.15) is 5.56 Å². The molecule has 0 saturated carbocycles. The van der Waals surface area contributed by atoms with Crippen LogP contribution >= 0.6 is 11.6 Å². The lowest BCUT2D eigenvalue weighted by atomic mass is 10.1. The Morgan fingerprint density at radius 3 is 2.61 bits per heavy atom. The van der Waals surface area contributed by atoms with Gasteiger partial charge in [-0.05, 0) is 18.2 Å². The molecule has 0 unspecified atom stereocenters. The van der Waals surface area contributed by atoms with E-state index >= 15 is 0 Å². The van der Waals surface area contributed by atoms with E-state index < -0.39 is 11.4 Å². The van der Waals surface area contributed by atoms with Crippen LogP contribution in [0.25, 0.3) is 10.9 Å². The average Bonchev–Trinajstić information content (AvgIpc) is 2.28. The third-order valence-electron chi connectivity index (χ3n) is 2.61. The Balaban J connectivity index is 2.97. The summed E-state index contributed by atoms with van der Waals surface area (Å²) >= 11 is 5.90. The SMILES string of the molecule is CN(C)n1cc(C(=O)O)c(=O)c2ccc(Cl)cc21. The second-order valence-corrected chi connectivity index (χ2v) is 4.47. The van der Waals surface area contributed by atoms with Crippen LogP contribution in [0.5, 0.6) is 0 Å². The number of benzene rings is 1. The molecule has 0 amide bonds. The third kappa shape index (κ3) is 1.93. The molecule has 0 bridgehead atoms. The molecule has 1 N–H and O–H groups in total. The molecule has 0 radical (unpaired) electrons. The Kier molecular flexibility index (Phi) is 3.00. The fourth-order valence-corrected chi connectivity index (χ4v) is 1.93. The highest BCUT2D eigenvalue weighted by atomic mass is 35.5. The van der Waals surface area contributed by atoms with Gasteiger partial charge in [0.05, 0.1) is 5.52 Å². The molecule has 94 valence electrons. The zero-order chi connectivity index (χ0) is 13.4. The molecule has 0 aliphatic carbocycles. The number of hydrogen-bond acceptors (Lipinski definition) is 3. The molecule has 0 aliphatic rings. The molecule has 5 nitrogen and oxygen atoms in total. The van der Waals surface area contributed by atoms with E-state index in [4.69, 9.17) is 16.7 Å². The normalized spacial score (nSPS) is 10.6. The van der Waals surface area contributed by atoms with Gasteiger partial charge in [-0.2, -0.15) is 0 Å². The molecule has 0 fully saturated rings. The first-order valence-electron chi connectivity index (χ1n) is 5.17. The number of aromatic nitrogens is 1. The number of carboxylic acids is 1. The van der Waals surface area contributed by atoms with Gasteiger partial charge >= 0.3 is 5.97 Å². The molecule has 0 saturated heterocycles. The van der Waals surface area contributed by atoms with Crippen LogP contribution in [0.15, 0.2) is 29.2 Å². The van der Waals surface area contributed by atoms with Crippen molar-refractivity contribution in [1.82, 2.24) is 4.68 Å². The Hall–Kier alpha value is -2.01. The van der Waals surface area contributed by atoms with Crippen LogP contribution in [0.2, 0.25) is 5.02 Å². The van der Waals surface area contributed by atoms with E-state index in [9.17, 15) is 9.59 Å². The van der Waals surface area contributed by atoms with Gasteiger partial charge in [0, 0.05) is 30.7 Å². The van der Waals surface area contributed by atoms with Crippen molar-refractivity contribution in [2.45, 2.75) is 0 Å². The highest BCUT2D eigenvalue weighted by molar-refractivity contribution is 6.31. The summed E-state index contributed by atoms with van der Waals surface area (Å²) in [6, 6.07) is 4.73. The molecule has 1 aromatic heterocycles. The van der Waals surface area contributed by atoms with E-state index in [1.165, 1.54) is 12.3 Å². The minimum Gasteiger partial charge on any atom is -0.477 e. The Labute approximate surface area is 108 Å². The van der Waals surface area contributed by atoms with Crippen molar-refractivity contribution in [3.63, 3.8) is 0 Å².